The number of carbonyl (C=O) groups excluding carboxylic acids is 2. The highest BCUT2D eigenvalue weighted by Crippen LogP contribution is 2.10. The lowest BCUT2D eigenvalue weighted by Gasteiger charge is -2.07. The minimum atomic E-state index is -0.609. The van der Waals surface area contributed by atoms with Crippen LogP contribution in [0, 0.1) is 5.82 Å². The molecule has 6 heteroatoms. The van der Waals surface area contributed by atoms with E-state index in [1.54, 1.807) is 0 Å². The summed E-state index contributed by atoms with van der Waals surface area (Å²) in [5, 5.41) is 5.51. The first-order valence-electron chi connectivity index (χ1n) is 6.10. The van der Waals surface area contributed by atoms with Crippen LogP contribution in [0.25, 0.3) is 0 Å². The Bertz CT molecular complexity index is 463. The molecule has 4 N–H and O–H groups in total. The molecule has 0 aliphatic heterocycles. The van der Waals surface area contributed by atoms with Gasteiger partial charge in [-0.05, 0) is 24.6 Å². The fraction of sp³-hybridized carbons (Fsp3) is 0.385. The van der Waals surface area contributed by atoms with Gasteiger partial charge in [-0.25, -0.2) is 4.39 Å². The van der Waals surface area contributed by atoms with Crippen LogP contribution in [0.1, 0.15) is 29.3 Å². The molecule has 1 rings (SSSR count). The number of nitrogens with one attached hydrogen (secondary N) is 2. The van der Waals surface area contributed by atoms with Crippen molar-refractivity contribution in [2.45, 2.75) is 19.9 Å². The number of amides is 2. The third kappa shape index (κ3) is 5.05. The van der Waals surface area contributed by atoms with E-state index in [1.807, 2.05) is 6.92 Å². The van der Waals surface area contributed by atoms with Crippen LogP contribution in [-0.2, 0) is 11.3 Å². The summed E-state index contributed by atoms with van der Waals surface area (Å²) in [6, 6.07) is 3.90. The van der Waals surface area contributed by atoms with E-state index in [4.69, 9.17) is 5.73 Å². The van der Waals surface area contributed by atoms with Crippen molar-refractivity contribution in [1.82, 2.24) is 10.6 Å². The highest BCUT2D eigenvalue weighted by Gasteiger charge is 2.07. The first kappa shape index (κ1) is 15.1. The summed E-state index contributed by atoms with van der Waals surface area (Å²) >= 11 is 0. The molecule has 0 bridgehead atoms. The molecular formula is C13H18FN3O2. The van der Waals surface area contributed by atoms with Crippen LogP contribution in [0.2, 0.25) is 0 Å². The van der Waals surface area contributed by atoms with E-state index in [0.29, 0.717) is 12.1 Å². The van der Waals surface area contributed by atoms with Crippen molar-refractivity contribution in [3.05, 3.63) is 35.1 Å². The van der Waals surface area contributed by atoms with Gasteiger partial charge in [0.05, 0.1) is 6.54 Å². The first-order valence-corrected chi connectivity index (χ1v) is 6.10. The number of rotatable bonds is 7. The molecule has 104 valence electrons. The van der Waals surface area contributed by atoms with E-state index in [-0.39, 0.29) is 24.6 Å². The number of hydrogen-bond donors (Lipinski definition) is 3. The minimum Gasteiger partial charge on any atom is -0.366 e. The number of benzene rings is 1. The molecule has 0 saturated carbocycles. The zero-order valence-corrected chi connectivity index (χ0v) is 10.8. The highest BCUT2D eigenvalue weighted by atomic mass is 19.1. The lowest BCUT2D eigenvalue weighted by atomic mass is 10.1. The maximum Gasteiger partial charge on any atom is 0.248 e. The van der Waals surface area contributed by atoms with Crippen molar-refractivity contribution in [1.29, 1.82) is 0 Å². The molecule has 0 saturated heterocycles. The molecule has 0 unspecified atom stereocenters. The van der Waals surface area contributed by atoms with Gasteiger partial charge in [-0.2, -0.15) is 0 Å². The van der Waals surface area contributed by atoms with Gasteiger partial charge in [0.1, 0.15) is 5.82 Å². The number of halogens is 1. The largest absolute Gasteiger partial charge is 0.366 e. The first-order chi connectivity index (χ1) is 9.04. The topological polar surface area (TPSA) is 84.2 Å². The lowest BCUT2D eigenvalue weighted by Crippen LogP contribution is -2.34. The Balaban J connectivity index is 2.51. The van der Waals surface area contributed by atoms with Crippen molar-refractivity contribution in [3.63, 3.8) is 0 Å². The normalized spacial score (nSPS) is 10.2. The third-order valence-electron chi connectivity index (χ3n) is 2.50. The van der Waals surface area contributed by atoms with Crippen molar-refractivity contribution >= 4 is 11.8 Å². The third-order valence-corrected chi connectivity index (χ3v) is 2.50. The lowest BCUT2D eigenvalue weighted by molar-refractivity contribution is -0.120. The second kappa shape index (κ2) is 7.48. The molecule has 0 atom stereocenters. The summed E-state index contributed by atoms with van der Waals surface area (Å²) in [4.78, 5) is 22.3. The summed E-state index contributed by atoms with van der Waals surface area (Å²) in [6.45, 7) is 2.83. The van der Waals surface area contributed by atoms with Gasteiger partial charge in [-0.3, -0.25) is 9.59 Å². The van der Waals surface area contributed by atoms with Gasteiger partial charge in [0.15, 0.2) is 0 Å². The Morgan fingerprint density at radius 3 is 2.74 bits per heavy atom. The van der Waals surface area contributed by atoms with Crippen LogP contribution in [0.4, 0.5) is 4.39 Å². The Kier molecular flexibility index (Phi) is 5.95. The van der Waals surface area contributed by atoms with E-state index in [1.165, 1.54) is 18.2 Å². The van der Waals surface area contributed by atoms with Gasteiger partial charge in [0.2, 0.25) is 11.8 Å². The average Bonchev–Trinajstić information content (AvgIpc) is 2.38. The predicted molar refractivity (Wildman–Crippen MR) is 69.9 cm³/mol. The maximum atomic E-state index is 13.5. The highest BCUT2D eigenvalue weighted by molar-refractivity contribution is 5.92. The molecule has 0 aliphatic carbocycles. The number of nitrogens with two attached hydrogens (primary N) is 1. The Labute approximate surface area is 111 Å². The zero-order valence-electron chi connectivity index (χ0n) is 10.8. The summed E-state index contributed by atoms with van der Waals surface area (Å²) < 4.78 is 13.5. The van der Waals surface area contributed by atoms with Crippen LogP contribution in [0.5, 0.6) is 0 Å². The Hall–Kier alpha value is -1.95. The maximum absolute atomic E-state index is 13.5. The van der Waals surface area contributed by atoms with E-state index in [2.05, 4.69) is 10.6 Å². The summed E-state index contributed by atoms with van der Waals surface area (Å²) in [5.41, 5.74) is 5.67. The fourth-order valence-electron chi connectivity index (χ4n) is 1.50. The Morgan fingerprint density at radius 1 is 1.37 bits per heavy atom. The second-order valence-electron chi connectivity index (χ2n) is 4.12. The van der Waals surface area contributed by atoms with Crippen LogP contribution >= 0.6 is 0 Å². The van der Waals surface area contributed by atoms with Gasteiger partial charge in [0.25, 0.3) is 0 Å². The van der Waals surface area contributed by atoms with E-state index in [0.717, 1.165) is 6.42 Å². The van der Waals surface area contributed by atoms with E-state index < -0.39 is 11.7 Å². The Morgan fingerprint density at radius 2 is 2.11 bits per heavy atom. The quantitative estimate of drug-likeness (QED) is 0.674. The molecule has 0 heterocycles. The van der Waals surface area contributed by atoms with Gasteiger partial charge in [0, 0.05) is 24.2 Å². The molecule has 1 aromatic rings. The standard InChI is InChI=1S/C13H18FN3O2/c1-2-5-17-12(18)8-16-7-10-6-9(13(15)19)3-4-11(10)14/h3-4,6,16H,2,5,7-8H2,1H3,(H2,15,19)(H,17,18). The molecule has 2 amide bonds. The molecular weight excluding hydrogens is 249 g/mol. The van der Waals surface area contributed by atoms with E-state index in [9.17, 15) is 14.0 Å². The van der Waals surface area contributed by atoms with Gasteiger partial charge in [-0.1, -0.05) is 6.92 Å². The average molecular weight is 267 g/mol. The summed E-state index contributed by atoms with van der Waals surface area (Å²) in [6.07, 6.45) is 0.862. The smallest absolute Gasteiger partial charge is 0.248 e. The van der Waals surface area contributed by atoms with Crippen LogP contribution < -0.4 is 16.4 Å². The minimum absolute atomic E-state index is 0.0975. The van der Waals surface area contributed by atoms with Gasteiger partial charge >= 0.3 is 0 Å². The SMILES string of the molecule is CCCNC(=O)CNCc1cc(C(N)=O)ccc1F. The van der Waals surface area contributed by atoms with Gasteiger partial charge in [-0.15, -0.1) is 0 Å². The van der Waals surface area contributed by atoms with Crippen LogP contribution in [-0.4, -0.2) is 24.9 Å². The number of hydrogen-bond acceptors (Lipinski definition) is 3. The molecule has 0 spiro atoms. The summed E-state index contributed by atoms with van der Waals surface area (Å²) in [7, 11) is 0. The molecule has 19 heavy (non-hydrogen) atoms. The second-order valence-corrected chi connectivity index (χ2v) is 4.12. The van der Waals surface area contributed by atoms with Crippen molar-refractivity contribution in [2.24, 2.45) is 5.73 Å². The van der Waals surface area contributed by atoms with Crippen molar-refractivity contribution in [2.75, 3.05) is 13.1 Å². The van der Waals surface area contributed by atoms with Crippen LogP contribution in [0.15, 0.2) is 18.2 Å². The van der Waals surface area contributed by atoms with Crippen molar-refractivity contribution in [3.8, 4) is 0 Å². The van der Waals surface area contributed by atoms with Crippen LogP contribution in [0.3, 0.4) is 0 Å². The monoisotopic (exact) mass is 267 g/mol. The number of carbonyl (C=O) groups is 2. The molecule has 5 nitrogen and oxygen atoms in total. The van der Waals surface area contributed by atoms with E-state index >= 15 is 0 Å². The molecule has 0 aliphatic rings. The zero-order chi connectivity index (χ0) is 14.3. The molecule has 1 aromatic carbocycles. The predicted octanol–water partition coefficient (Wildman–Crippen LogP) is 0.540. The summed E-state index contributed by atoms with van der Waals surface area (Å²) in [5.74, 6) is -1.19. The molecule has 0 aromatic heterocycles. The van der Waals surface area contributed by atoms with Gasteiger partial charge < -0.3 is 16.4 Å². The molecule has 0 radical (unpaired) electrons. The fourth-order valence-corrected chi connectivity index (χ4v) is 1.50. The molecule has 0 fully saturated rings. The van der Waals surface area contributed by atoms with Crippen molar-refractivity contribution < 1.29 is 14.0 Å². The number of primary amides is 1.